The van der Waals surface area contributed by atoms with Crippen molar-refractivity contribution >= 4 is 33.0 Å². The molecule has 1 aromatic carbocycles. The van der Waals surface area contributed by atoms with Gasteiger partial charge in [-0.15, -0.1) is 11.3 Å². The third kappa shape index (κ3) is 4.43. The van der Waals surface area contributed by atoms with Gasteiger partial charge in [0.05, 0.1) is 23.8 Å². The number of aryl methyl sites for hydroxylation is 1. The molecule has 1 fully saturated rings. The largest absolute Gasteiger partial charge is 0.378 e. The summed E-state index contributed by atoms with van der Waals surface area (Å²) in [4.78, 5) is 18.7. The maximum Gasteiger partial charge on any atom is 0.316 e. The van der Waals surface area contributed by atoms with E-state index >= 15 is 0 Å². The summed E-state index contributed by atoms with van der Waals surface area (Å²) in [5, 5.41) is 3.78. The van der Waals surface area contributed by atoms with Crippen LogP contribution in [0.4, 0.5) is 14.5 Å². The Hall–Kier alpha value is -2.90. The summed E-state index contributed by atoms with van der Waals surface area (Å²) in [6.07, 6.45) is 0. The average molecular weight is 470 g/mol. The summed E-state index contributed by atoms with van der Waals surface area (Å²) in [7, 11) is -4.17. The van der Waals surface area contributed by atoms with Crippen molar-refractivity contribution in [2.24, 2.45) is 0 Å². The number of sulfonamides is 1. The molecule has 0 atom stereocenters. The molecule has 0 radical (unpaired) electrons. The quantitative estimate of drug-likeness (QED) is 0.610. The predicted octanol–water partition coefficient (Wildman–Crippen LogP) is 2.66. The number of carbonyl (C=O) groups excluding carboxylic acids is 1. The standard InChI is InChI=1S/C18H16F2N4O5S2/c1-10-15(31(26,27)23-13-3-2-11(19)8-12(13)20)9-14(30-10)16-21-17(29-22-16)18(25)24-4-6-28-7-5-24/h2-3,8-9,23H,4-7H2,1H3. The highest BCUT2D eigenvalue weighted by Crippen LogP contribution is 2.33. The lowest BCUT2D eigenvalue weighted by molar-refractivity contribution is 0.0272. The van der Waals surface area contributed by atoms with Crippen LogP contribution in [0, 0.1) is 18.6 Å². The van der Waals surface area contributed by atoms with Crippen LogP contribution in [0.25, 0.3) is 10.7 Å². The molecule has 2 aromatic heterocycles. The van der Waals surface area contributed by atoms with E-state index in [0.29, 0.717) is 42.1 Å². The van der Waals surface area contributed by atoms with Gasteiger partial charge in [0.2, 0.25) is 5.82 Å². The number of thiophene rings is 1. The molecule has 31 heavy (non-hydrogen) atoms. The number of aromatic nitrogens is 2. The number of nitrogens with one attached hydrogen (secondary N) is 1. The molecule has 1 saturated heterocycles. The fourth-order valence-corrected chi connectivity index (χ4v) is 5.51. The molecule has 1 N–H and O–H groups in total. The number of hydrogen-bond donors (Lipinski definition) is 1. The van der Waals surface area contributed by atoms with Crippen molar-refractivity contribution in [2.75, 3.05) is 31.0 Å². The van der Waals surface area contributed by atoms with E-state index in [1.807, 2.05) is 0 Å². The van der Waals surface area contributed by atoms with Crippen molar-refractivity contribution in [3.63, 3.8) is 0 Å². The first-order valence-electron chi connectivity index (χ1n) is 9.04. The number of nitrogens with zero attached hydrogens (tertiary/aromatic N) is 3. The van der Waals surface area contributed by atoms with E-state index in [4.69, 9.17) is 9.26 Å². The van der Waals surface area contributed by atoms with Crippen LogP contribution in [-0.4, -0.2) is 55.7 Å². The van der Waals surface area contributed by atoms with E-state index in [2.05, 4.69) is 14.9 Å². The van der Waals surface area contributed by atoms with Gasteiger partial charge in [-0.25, -0.2) is 17.2 Å². The average Bonchev–Trinajstić information content (AvgIpc) is 3.37. The Morgan fingerprint density at radius 3 is 2.68 bits per heavy atom. The van der Waals surface area contributed by atoms with Crippen molar-refractivity contribution in [3.8, 4) is 10.7 Å². The lowest BCUT2D eigenvalue weighted by Crippen LogP contribution is -2.40. The Labute approximate surface area is 179 Å². The van der Waals surface area contributed by atoms with Gasteiger partial charge in [-0.05, 0) is 25.1 Å². The van der Waals surface area contributed by atoms with Gasteiger partial charge in [-0.3, -0.25) is 9.52 Å². The van der Waals surface area contributed by atoms with Crippen molar-refractivity contribution < 1.29 is 31.3 Å². The lowest BCUT2D eigenvalue weighted by atomic mass is 10.3. The van der Waals surface area contributed by atoms with Crippen LogP contribution in [-0.2, 0) is 14.8 Å². The number of carbonyl (C=O) groups is 1. The molecule has 0 saturated carbocycles. The number of ether oxygens (including phenoxy) is 1. The number of benzene rings is 1. The van der Waals surface area contributed by atoms with E-state index in [-0.39, 0.29) is 22.3 Å². The minimum absolute atomic E-state index is 0.0547. The highest BCUT2D eigenvalue weighted by Gasteiger charge is 2.27. The predicted molar refractivity (Wildman–Crippen MR) is 106 cm³/mol. The molecule has 0 unspecified atom stereocenters. The van der Waals surface area contributed by atoms with Gasteiger partial charge in [0, 0.05) is 24.0 Å². The summed E-state index contributed by atoms with van der Waals surface area (Å²) in [5.41, 5.74) is -0.383. The normalized spacial score (nSPS) is 14.6. The van der Waals surface area contributed by atoms with Crippen LogP contribution in [0.15, 0.2) is 33.7 Å². The smallest absolute Gasteiger partial charge is 0.316 e. The molecule has 0 aliphatic carbocycles. The van der Waals surface area contributed by atoms with E-state index in [0.717, 1.165) is 23.5 Å². The third-order valence-electron chi connectivity index (χ3n) is 4.46. The molecule has 9 nitrogen and oxygen atoms in total. The van der Waals surface area contributed by atoms with Gasteiger partial charge in [-0.2, -0.15) is 4.98 Å². The van der Waals surface area contributed by atoms with Crippen LogP contribution in [0.2, 0.25) is 0 Å². The SMILES string of the molecule is Cc1sc(-c2noc(C(=O)N3CCOCC3)n2)cc1S(=O)(=O)Nc1ccc(F)cc1F. The Kier molecular flexibility index (Phi) is 5.73. The third-order valence-corrected chi connectivity index (χ3v) is 7.13. The molecule has 0 bridgehead atoms. The number of anilines is 1. The zero-order valence-corrected chi connectivity index (χ0v) is 17.7. The molecular weight excluding hydrogens is 454 g/mol. The van der Waals surface area contributed by atoms with E-state index < -0.39 is 27.6 Å². The summed E-state index contributed by atoms with van der Waals surface area (Å²) in [6.45, 7) is 3.20. The number of amides is 1. The lowest BCUT2D eigenvalue weighted by Gasteiger charge is -2.25. The van der Waals surface area contributed by atoms with Gasteiger partial charge < -0.3 is 14.2 Å². The molecule has 1 aliphatic rings. The topological polar surface area (TPSA) is 115 Å². The Bertz CT molecular complexity index is 1240. The first-order chi connectivity index (χ1) is 14.7. The molecule has 3 aromatic rings. The number of morpholine rings is 1. The maximum atomic E-state index is 13.9. The van der Waals surface area contributed by atoms with E-state index in [9.17, 15) is 22.0 Å². The zero-order chi connectivity index (χ0) is 22.2. The first kappa shape index (κ1) is 21.3. The monoisotopic (exact) mass is 470 g/mol. The van der Waals surface area contributed by atoms with Crippen molar-refractivity contribution in [3.05, 3.63) is 46.7 Å². The van der Waals surface area contributed by atoms with Crippen LogP contribution in [0.5, 0.6) is 0 Å². The highest BCUT2D eigenvalue weighted by molar-refractivity contribution is 7.93. The second-order valence-electron chi connectivity index (χ2n) is 6.59. The van der Waals surface area contributed by atoms with E-state index in [1.165, 1.54) is 11.0 Å². The summed E-state index contributed by atoms with van der Waals surface area (Å²) < 4.78 is 64.7. The van der Waals surface area contributed by atoms with Gasteiger partial charge in [0.1, 0.15) is 16.5 Å². The zero-order valence-electron chi connectivity index (χ0n) is 16.1. The number of halogens is 2. The first-order valence-corrected chi connectivity index (χ1v) is 11.3. The van der Waals surface area contributed by atoms with Gasteiger partial charge in [0.25, 0.3) is 10.0 Å². The molecular formula is C18H16F2N4O5S2. The van der Waals surface area contributed by atoms with Crippen LogP contribution < -0.4 is 4.72 Å². The molecule has 4 rings (SSSR count). The van der Waals surface area contributed by atoms with Crippen LogP contribution >= 0.6 is 11.3 Å². The molecule has 164 valence electrons. The summed E-state index contributed by atoms with van der Waals surface area (Å²) >= 11 is 1.07. The second kappa shape index (κ2) is 8.32. The fraction of sp³-hybridized carbons (Fsp3) is 0.278. The van der Waals surface area contributed by atoms with Gasteiger partial charge in [0.15, 0.2) is 0 Å². The Balaban J connectivity index is 1.57. The Morgan fingerprint density at radius 2 is 1.97 bits per heavy atom. The van der Waals surface area contributed by atoms with Crippen LogP contribution in [0.1, 0.15) is 15.6 Å². The molecule has 13 heteroatoms. The van der Waals surface area contributed by atoms with Crippen LogP contribution in [0.3, 0.4) is 0 Å². The minimum atomic E-state index is -4.17. The maximum absolute atomic E-state index is 13.9. The number of hydrogen-bond acceptors (Lipinski definition) is 8. The summed E-state index contributed by atoms with van der Waals surface area (Å²) in [5.74, 6) is -2.45. The van der Waals surface area contributed by atoms with Gasteiger partial charge >= 0.3 is 11.8 Å². The van der Waals surface area contributed by atoms with Gasteiger partial charge in [-0.1, -0.05) is 5.16 Å². The molecule has 3 heterocycles. The Morgan fingerprint density at radius 1 is 1.23 bits per heavy atom. The molecule has 1 amide bonds. The molecule has 1 aliphatic heterocycles. The van der Waals surface area contributed by atoms with E-state index in [1.54, 1.807) is 6.92 Å². The fourth-order valence-electron chi connectivity index (χ4n) is 2.93. The minimum Gasteiger partial charge on any atom is -0.378 e. The van der Waals surface area contributed by atoms with Crippen molar-refractivity contribution in [2.45, 2.75) is 11.8 Å². The van der Waals surface area contributed by atoms with Crippen molar-refractivity contribution in [1.82, 2.24) is 15.0 Å². The molecule has 0 spiro atoms. The number of rotatable bonds is 5. The second-order valence-corrected chi connectivity index (χ2v) is 9.50. The van der Waals surface area contributed by atoms with Crippen molar-refractivity contribution in [1.29, 1.82) is 0 Å². The highest BCUT2D eigenvalue weighted by atomic mass is 32.2. The summed E-state index contributed by atoms with van der Waals surface area (Å²) in [6, 6.07) is 3.82.